The maximum absolute atomic E-state index is 13.5. The van der Waals surface area contributed by atoms with Crippen molar-refractivity contribution in [3.63, 3.8) is 0 Å². The van der Waals surface area contributed by atoms with E-state index in [1.807, 2.05) is 0 Å². The predicted molar refractivity (Wildman–Crippen MR) is 134 cm³/mol. The highest BCUT2D eigenvalue weighted by Gasteiger charge is 2.30. The summed E-state index contributed by atoms with van der Waals surface area (Å²) in [7, 11) is 2.85. The van der Waals surface area contributed by atoms with Gasteiger partial charge in [-0.25, -0.2) is 4.79 Å². The fourth-order valence-corrected chi connectivity index (χ4v) is 4.50. The molecule has 2 heterocycles. The van der Waals surface area contributed by atoms with Crippen LogP contribution in [0.1, 0.15) is 33.3 Å². The average molecular weight is 548 g/mol. The van der Waals surface area contributed by atoms with Crippen molar-refractivity contribution in [2.75, 3.05) is 26.1 Å². The number of ether oxygens (including phenoxy) is 3. The Morgan fingerprint density at radius 3 is 2.24 bits per heavy atom. The third-order valence-corrected chi connectivity index (χ3v) is 6.30. The normalized spacial score (nSPS) is 11.3. The summed E-state index contributed by atoms with van der Waals surface area (Å²) in [6.45, 7) is 1.61. The molecule has 1 N–H and O–H groups in total. The Balaban J connectivity index is 1.85. The van der Waals surface area contributed by atoms with Crippen molar-refractivity contribution in [1.29, 1.82) is 0 Å². The predicted octanol–water partition coefficient (Wildman–Crippen LogP) is 4.91. The summed E-state index contributed by atoms with van der Waals surface area (Å²) < 4.78 is 55.3. The zero-order valence-corrected chi connectivity index (χ0v) is 21.0. The number of fused-ring (bicyclic) bond motifs is 1. The van der Waals surface area contributed by atoms with Gasteiger partial charge in [0.15, 0.2) is 5.69 Å². The van der Waals surface area contributed by atoms with Gasteiger partial charge >= 0.3 is 12.1 Å². The summed E-state index contributed by atoms with van der Waals surface area (Å²) in [5.41, 5.74) is -1.76. The Morgan fingerprint density at radius 2 is 1.68 bits per heavy atom. The smallest absolute Gasteiger partial charge is 0.416 e. The maximum Gasteiger partial charge on any atom is 0.416 e. The lowest BCUT2D eigenvalue weighted by Gasteiger charge is -2.12. The first kappa shape index (κ1) is 26.7. The van der Waals surface area contributed by atoms with E-state index in [-0.39, 0.29) is 39.3 Å². The molecule has 0 spiro atoms. The molecule has 0 saturated heterocycles. The Bertz CT molecular complexity index is 1560. The molecule has 4 aromatic rings. The van der Waals surface area contributed by atoms with E-state index in [2.05, 4.69) is 10.4 Å². The fraction of sp³-hybridized carbons (Fsp3) is 0.200. The summed E-state index contributed by atoms with van der Waals surface area (Å²) in [6.07, 6.45) is -4.58. The van der Waals surface area contributed by atoms with E-state index < -0.39 is 29.2 Å². The minimum absolute atomic E-state index is 0.0172. The van der Waals surface area contributed by atoms with Crippen molar-refractivity contribution in [3.8, 4) is 17.2 Å². The number of hydrogen-bond acceptors (Lipinski definition) is 8. The quantitative estimate of drug-likeness (QED) is 0.328. The standard InChI is InChI=1S/C25H20F3N3O6S/c1-4-37-24(34)20-18-12-38-22(29-21(32)13-9-16(35-2)11-17(10-13)36-3)19(18)23(33)31(30-20)15-7-5-14(6-8-15)25(26,27)28/h5-12H,4H2,1-3H3,(H,29,32). The lowest BCUT2D eigenvalue weighted by Crippen LogP contribution is -2.25. The Kier molecular flexibility index (Phi) is 7.39. The second-order valence-corrected chi connectivity index (χ2v) is 8.62. The maximum atomic E-state index is 13.5. The largest absolute Gasteiger partial charge is 0.497 e. The van der Waals surface area contributed by atoms with Crippen LogP contribution in [0.5, 0.6) is 11.5 Å². The number of aromatic nitrogens is 2. The van der Waals surface area contributed by atoms with Crippen LogP contribution >= 0.6 is 11.3 Å². The number of nitrogens with one attached hydrogen (secondary N) is 1. The molecule has 0 bridgehead atoms. The van der Waals surface area contributed by atoms with Gasteiger partial charge < -0.3 is 19.5 Å². The van der Waals surface area contributed by atoms with Crippen LogP contribution in [0.4, 0.5) is 18.2 Å². The van der Waals surface area contributed by atoms with Gasteiger partial charge in [0.1, 0.15) is 16.5 Å². The monoisotopic (exact) mass is 547 g/mol. The lowest BCUT2D eigenvalue weighted by molar-refractivity contribution is -0.137. The summed E-state index contributed by atoms with van der Waals surface area (Å²) in [4.78, 5) is 39.2. The van der Waals surface area contributed by atoms with E-state index in [0.717, 1.165) is 40.3 Å². The number of rotatable bonds is 7. The number of alkyl halides is 3. The molecule has 0 aliphatic heterocycles. The van der Waals surface area contributed by atoms with Crippen LogP contribution in [-0.4, -0.2) is 42.5 Å². The number of carbonyl (C=O) groups is 2. The topological polar surface area (TPSA) is 109 Å². The van der Waals surface area contributed by atoms with Crippen LogP contribution in [-0.2, 0) is 10.9 Å². The Labute approximate surface area is 217 Å². The molecule has 0 unspecified atom stereocenters. The van der Waals surface area contributed by atoms with Gasteiger partial charge in [-0.3, -0.25) is 9.59 Å². The minimum atomic E-state index is -4.58. The first-order valence-electron chi connectivity index (χ1n) is 11.0. The SMILES string of the molecule is CCOC(=O)c1nn(-c2ccc(C(F)(F)F)cc2)c(=O)c2c(NC(=O)c3cc(OC)cc(OC)c3)scc12. The van der Waals surface area contributed by atoms with E-state index in [1.165, 1.54) is 31.7 Å². The van der Waals surface area contributed by atoms with Crippen molar-refractivity contribution in [2.24, 2.45) is 0 Å². The van der Waals surface area contributed by atoms with Crippen LogP contribution in [0.2, 0.25) is 0 Å². The molecule has 0 fully saturated rings. The molecule has 13 heteroatoms. The molecule has 0 aliphatic rings. The third kappa shape index (κ3) is 5.18. The van der Waals surface area contributed by atoms with Crippen molar-refractivity contribution < 1.29 is 37.0 Å². The highest BCUT2D eigenvalue weighted by molar-refractivity contribution is 7.16. The van der Waals surface area contributed by atoms with Crippen LogP contribution in [0.25, 0.3) is 16.5 Å². The number of halogens is 3. The number of methoxy groups -OCH3 is 2. The molecule has 4 rings (SSSR count). The molecule has 0 aliphatic carbocycles. The van der Waals surface area contributed by atoms with Crippen molar-refractivity contribution in [1.82, 2.24) is 9.78 Å². The molecule has 0 atom stereocenters. The Hall–Kier alpha value is -4.39. The van der Waals surface area contributed by atoms with Gasteiger partial charge in [-0.2, -0.15) is 23.0 Å². The van der Waals surface area contributed by atoms with Gasteiger partial charge in [-0.15, -0.1) is 11.3 Å². The average Bonchev–Trinajstić information content (AvgIpc) is 3.32. The first-order valence-corrected chi connectivity index (χ1v) is 11.9. The zero-order valence-electron chi connectivity index (χ0n) is 20.2. The molecule has 0 saturated carbocycles. The summed E-state index contributed by atoms with van der Waals surface area (Å²) >= 11 is 0.975. The van der Waals surface area contributed by atoms with Crippen molar-refractivity contribution in [3.05, 3.63) is 75.0 Å². The summed E-state index contributed by atoms with van der Waals surface area (Å²) in [5.74, 6) is -0.708. The number of hydrogen-bond donors (Lipinski definition) is 1. The summed E-state index contributed by atoms with van der Waals surface area (Å²) in [6, 6.07) is 8.24. The zero-order chi connectivity index (χ0) is 27.6. The number of benzene rings is 2. The van der Waals surface area contributed by atoms with Crippen LogP contribution in [0.15, 0.2) is 52.6 Å². The third-order valence-electron chi connectivity index (χ3n) is 5.40. The van der Waals surface area contributed by atoms with E-state index >= 15 is 0 Å². The molecule has 0 radical (unpaired) electrons. The molecule has 9 nitrogen and oxygen atoms in total. The van der Waals surface area contributed by atoms with E-state index in [9.17, 15) is 27.6 Å². The fourth-order valence-electron chi connectivity index (χ4n) is 3.57. The van der Waals surface area contributed by atoms with Gasteiger partial charge in [0, 0.05) is 22.4 Å². The van der Waals surface area contributed by atoms with Gasteiger partial charge in [-0.05, 0) is 43.3 Å². The van der Waals surface area contributed by atoms with Crippen molar-refractivity contribution in [2.45, 2.75) is 13.1 Å². The number of amides is 1. The number of anilines is 1. The highest BCUT2D eigenvalue weighted by atomic mass is 32.1. The number of nitrogens with zero attached hydrogens (tertiary/aromatic N) is 2. The number of esters is 1. The summed E-state index contributed by atoms with van der Waals surface area (Å²) in [5, 5.41) is 8.38. The van der Waals surface area contributed by atoms with Crippen LogP contribution in [0.3, 0.4) is 0 Å². The molecule has 2 aromatic carbocycles. The Morgan fingerprint density at radius 1 is 1.05 bits per heavy atom. The van der Waals surface area contributed by atoms with Crippen LogP contribution < -0.4 is 20.3 Å². The van der Waals surface area contributed by atoms with E-state index in [4.69, 9.17) is 14.2 Å². The van der Waals surface area contributed by atoms with E-state index in [1.54, 1.807) is 13.0 Å². The second-order valence-electron chi connectivity index (χ2n) is 7.74. The number of carbonyl (C=O) groups excluding carboxylic acids is 2. The van der Waals surface area contributed by atoms with Gasteiger partial charge in [0.2, 0.25) is 0 Å². The molecule has 198 valence electrons. The van der Waals surface area contributed by atoms with Gasteiger partial charge in [0.25, 0.3) is 11.5 Å². The minimum Gasteiger partial charge on any atom is -0.497 e. The van der Waals surface area contributed by atoms with Gasteiger partial charge in [0.05, 0.1) is 37.5 Å². The van der Waals surface area contributed by atoms with Crippen molar-refractivity contribution >= 4 is 39.0 Å². The first-order chi connectivity index (χ1) is 18.1. The lowest BCUT2D eigenvalue weighted by atomic mass is 10.1. The highest BCUT2D eigenvalue weighted by Crippen LogP contribution is 2.33. The van der Waals surface area contributed by atoms with Crippen LogP contribution in [0, 0.1) is 0 Å². The molecule has 38 heavy (non-hydrogen) atoms. The number of thiophene rings is 1. The van der Waals surface area contributed by atoms with E-state index in [0.29, 0.717) is 11.5 Å². The molecule has 2 aromatic heterocycles. The molecular weight excluding hydrogens is 527 g/mol. The second kappa shape index (κ2) is 10.5. The van der Waals surface area contributed by atoms with Gasteiger partial charge in [-0.1, -0.05) is 0 Å². The molecule has 1 amide bonds. The molecular formula is C25H20F3N3O6S.